The van der Waals surface area contributed by atoms with Gasteiger partial charge >= 0.3 is 0 Å². The van der Waals surface area contributed by atoms with Gasteiger partial charge in [-0.1, -0.05) is 11.2 Å². The van der Waals surface area contributed by atoms with Crippen LogP contribution in [0.3, 0.4) is 0 Å². The molecule has 0 saturated heterocycles. The molecule has 98 valence electrons. The maximum Gasteiger partial charge on any atom is 0.258 e. The monoisotopic (exact) mass is 277 g/mol. The van der Waals surface area contributed by atoms with E-state index in [1.807, 2.05) is 6.07 Å². The zero-order valence-corrected chi connectivity index (χ0v) is 11.2. The number of sulfone groups is 1. The van der Waals surface area contributed by atoms with Crippen LogP contribution >= 0.6 is 0 Å². The molecule has 0 N–H and O–H groups in total. The van der Waals surface area contributed by atoms with Crippen LogP contribution in [0.25, 0.3) is 11.5 Å². The van der Waals surface area contributed by atoms with E-state index < -0.39 is 15.1 Å². The Bertz CT molecular complexity index is 744. The molecule has 0 spiro atoms. The van der Waals surface area contributed by atoms with Crippen molar-refractivity contribution >= 4 is 9.84 Å². The van der Waals surface area contributed by atoms with E-state index in [9.17, 15) is 8.42 Å². The number of nitriles is 1. The zero-order valence-electron chi connectivity index (χ0n) is 10.4. The summed E-state index contributed by atoms with van der Waals surface area (Å²) in [6, 6.07) is 8.66. The van der Waals surface area contributed by atoms with Crippen molar-refractivity contribution in [2.45, 2.75) is 12.2 Å². The Balaban J connectivity index is 2.39. The fraction of sp³-hybridized carbons (Fsp3) is 0.250. The van der Waals surface area contributed by atoms with E-state index in [2.05, 4.69) is 10.1 Å². The fourth-order valence-corrected chi connectivity index (χ4v) is 1.91. The highest BCUT2D eigenvalue weighted by Crippen LogP contribution is 2.23. The third kappa shape index (κ3) is 2.80. The maximum atomic E-state index is 11.4. The lowest BCUT2D eigenvalue weighted by atomic mass is 10.1. The minimum atomic E-state index is -3.27. The summed E-state index contributed by atoms with van der Waals surface area (Å²) in [5.41, 5.74) is 1.05. The van der Waals surface area contributed by atoms with Crippen molar-refractivity contribution < 1.29 is 12.9 Å². The van der Waals surface area contributed by atoms with E-state index in [-0.39, 0.29) is 11.7 Å². The van der Waals surface area contributed by atoms with Gasteiger partial charge in [-0.15, -0.1) is 0 Å². The quantitative estimate of drug-likeness (QED) is 0.847. The van der Waals surface area contributed by atoms with Gasteiger partial charge in [0.05, 0.1) is 11.6 Å². The van der Waals surface area contributed by atoms with Gasteiger partial charge in [-0.25, -0.2) is 8.42 Å². The van der Waals surface area contributed by atoms with Crippen molar-refractivity contribution in [1.82, 2.24) is 10.1 Å². The molecule has 19 heavy (non-hydrogen) atoms. The van der Waals surface area contributed by atoms with E-state index in [0.717, 1.165) is 6.26 Å². The summed E-state index contributed by atoms with van der Waals surface area (Å²) in [6.45, 7) is 1.50. The molecule has 0 bridgehead atoms. The zero-order chi connectivity index (χ0) is 14.0. The Morgan fingerprint density at radius 1 is 1.42 bits per heavy atom. The predicted octanol–water partition coefficient (Wildman–Crippen LogP) is 1.71. The molecule has 1 aromatic heterocycles. The number of hydrogen-bond acceptors (Lipinski definition) is 6. The molecule has 0 saturated carbocycles. The van der Waals surface area contributed by atoms with Crippen LogP contribution in [0.4, 0.5) is 0 Å². The van der Waals surface area contributed by atoms with Crippen LogP contribution in [0, 0.1) is 11.3 Å². The van der Waals surface area contributed by atoms with Crippen molar-refractivity contribution in [3.63, 3.8) is 0 Å². The molecule has 2 rings (SSSR count). The van der Waals surface area contributed by atoms with E-state index in [1.165, 1.54) is 6.92 Å². The number of benzene rings is 1. The Kier molecular flexibility index (Phi) is 3.36. The molecule has 0 aliphatic heterocycles. The normalized spacial score (nSPS) is 12.9. The van der Waals surface area contributed by atoms with E-state index >= 15 is 0 Å². The fourth-order valence-electron chi connectivity index (χ4n) is 1.43. The minimum Gasteiger partial charge on any atom is -0.334 e. The summed E-state index contributed by atoms with van der Waals surface area (Å²) < 4.78 is 27.9. The van der Waals surface area contributed by atoms with Gasteiger partial charge in [-0.05, 0) is 25.1 Å². The van der Waals surface area contributed by atoms with Gasteiger partial charge in [0.1, 0.15) is 5.25 Å². The van der Waals surface area contributed by atoms with Gasteiger partial charge in [0.15, 0.2) is 15.7 Å². The second kappa shape index (κ2) is 4.82. The summed E-state index contributed by atoms with van der Waals surface area (Å²) in [5.74, 6) is 0.308. The van der Waals surface area contributed by atoms with Gasteiger partial charge in [0.25, 0.3) is 5.89 Å². The van der Waals surface area contributed by atoms with Crippen molar-refractivity contribution in [1.29, 1.82) is 5.26 Å². The van der Waals surface area contributed by atoms with E-state index in [4.69, 9.17) is 9.78 Å². The first kappa shape index (κ1) is 13.2. The molecule has 1 unspecified atom stereocenters. The van der Waals surface area contributed by atoms with E-state index in [0.29, 0.717) is 11.1 Å². The average Bonchev–Trinajstić information content (AvgIpc) is 2.86. The SMILES string of the molecule is CC(c1noc(-c2cccc(C#N)c2)n1)S(C)(=O)=O. The number of rotatable bonds is 3. The maximum absolute atomic E-state index is 11.4. The second-order valence-electron chi connectivity index (χ2n) is 4.12. The Morgan fingerprint density at radius 3 is 2.79 bits per heavy atom. The molecule has 0 aliphatic carbocycles. The van der Waals surface area contributed by atoms with Crippen molar-refractivity contribution in [2.24, 2.45) is 0 Å². The van der Waals surface area contributed by atoms with Gasteiger partial charge in [0.2, 0.25) is 0 Å². The van der Waals surface area contributed by atoms with Crippen molar-refractivity contribution in [3.8, 4) is 17.5 Å². The molecule has 0 amide bonds. The lowest BCUT2D eigenvalue weighted by Gasteiger charge is -2.01. The van der Waals surface area contributed by atoms with E-state index in [1.54, 1.807) is 24.3 Å². The molecule has 0 radical (unpaired) electrons. The lowest BCUT2D eigenvalue weighted by molar-refractivity contribution is 0.422. The molecule has 1 aromatic carbocycles. The Morgan fingerprint density at radius 2 is 2.16 bits per heavy atom. The smallest absolute Gasteiger partial charge is 0.258 e. The molecule has 1 atom stereocenters. The first-order chi connectivity index (χ1) is 8.91. The minimum absolute atomic E-state index is 0.111. The molecule has 7 heteroatoms. The highest BCUT2D eigenvalue weighted by atomic mass is 32.2. The second-order valence-corrected chi connectivity index (χ2v) is 6.49. The van der Waals surface area contributed by atoms with Crippen LogP contribution in [0.15, 0.2) is 28.8 Å². The highest BCUT2D eigenvalue weighted by molar-refractivity contribution is 7.90. The lowest BCUT2D eigenvalue weighted by Crippen LogP contribution is -2.09. The molecule has 2 aromatic rings. The first-order valence-electron chi connectivity index (χ1n) is 5.45. The third-order valence-electron chi connectivity index (χ3n) is 2.69. The average molecular weight is 277 g/mol. The number of aromatic nitrogens is 2. The highest BCUT2D eigenvalue weighted by Gasteiger charge is 2.23. The Hall–Kier alpha value is -2.20. The largest absolute Gasteiger partial charge is 0.334 e. The third-order valence-corrected chi connectivity index (χ3v) is 4.18. The molecule has 6 nitrogen and oxygen atoms in total. The van der Waals surface area contributed by atoms with Crippen LogP contribution in [-0.2, 0) is 9.84 Å². The summed E-state index contributed by atoms with van der Waals surface area (Å²) in [5, 5.41) is 11.6. The molecule has 0 fully saturated rings. The number of hydrogen-bond donors (Lipinski definition) is 0. The Labute approximate surface area is 110 Å². The molecular weight excluding hydrogens is 266 g/mol. The van der Waals surface area contributed by atoms with Crippen LogP contribution in [-0.4, -0.2) is 24.8 Å². The van der Waals surface area contributed by atoms with Crippen LogP contribution < -0.4 is 0 Å². The summed E-state index contributed by atoms with van der Waals surface area (Å²) in [6.07, 6.45) is 1.12. The topological polar surface area (TPSA) is 96.8 Å². The van der Waals surface area contributed by atoms with Crippen molar-refractivity contribution in [2.75, 3.05) is 6.26 Å². The van der Waals surface area contributed by atoms with Gasteiger partial charge in [0, 0.05) is 11.8 Å². The van der Waals surface area contributed by atoms with Gasteiger partial charge in [-0.2, -0.15) is 10.2 Å². The molecule has 1 heterocycles. The van der Waals surface area contributed by atoms with Crippen molar-refractivity contribution in [3.05, 3.63) is 35.7 Å². The van der Waals surface area contributed by atoms with Gasteiger partial charge in [-0.3, -0.25) is 0 Å². The van der Waals surface area contributed by atoms with Gasteiger partial charge < -0.3 is 4.52 Å². The summed E-state index contributed by atoms with van der Waals surface area (Å²) in [7, 11) is -3.27. The van der Waals surface area contributed by atoms with Crippen LogP contribution in [0.1, 0.15) is 23.6 Å². The predicted molar refractivity (Wildman–Crippen MR) is 67.7 cm³/mol. The standard InChI is InChI=1S/C12H11N3O3S/c1-8(19(2,16)17)11-14-12(18-15-11)10-5-3-4-9(6-10)7-13/h3-6,8H,1-2H3. The van der Waals surface area contributed by atoms with Crippen LogP contribution in [0.5, 0.6) is 0 Å². The number of nitrogens with zero attached hydrogens (tertiary/aromatic N) is 3. The first-order valence-corrected chi connectivity index (χ1v) is 7.40. The summed E-state index contributed by atoms with van der Waals surface area (Å²) in [4.78, 5) is 4.06. The molecule has 0 aliphatic rings. The molecular formula is C12H11N3O3S. The summed E-state index contributed by atoms with van der Waals surface area (Å²) >= 11 is 0. The van der Waals surface area contributed by atoms with Crippen LogP contribution in [0.2, 0.25) is 0 Å².